The number of anilines is 1. The molecule has 0 aliphatic heterocycles. The highest BCUT2D eigenvalue weighted by molar-refractivity contribution is 6.32. The van der Waals surface area contributed by atoms with E-state index in [0.29, 0.717) is 28.9 Å². The predicted molar refractivity (Wildman–Crippen MR) is 87.9 cm³/mol. The van der Waals surface area contributed by atoms with Crippen molar-refractivity contribution in [3.63, 3.8) is 0 Å². The van der Waals surface area contributed by atoms with Gasteiger partial charge in [-0.2, -0.15) is 0 Å². The smallest absolute Gasteiger partial charge is 0.219 e. The summed E-state index contributed by atoms with van der Waals surface area (Å²) in [6, 6.07) is 8.62. The summed E-state index contributed by atoms with van der Waals surface area (Å²) in [5.41, 5.74) is 7.11. The summed E-state index contributed by atoms with van der Waals surface area (Å²) >= 11 is 6.04. The van der Waals surface area contributed by atoms with Crippen LogP contribution in [0.2, 0.25) is 5.02 Å². The summed E-state index contributed by atoms with van der Waals surface area (Å²) in [5.74, 6) is 0.870. The van der Waals surface area contributed by atoms with Gasteiger partial charge in [0.25, 0.3) is 0 Å². The molecule has 0 saturated carbocycles. The lowest BCUT2D eigenvalue weighted by Crippen LogP contribution is -2.19. The van der Waals surface area contributed by atoms with E-state index in [1.165, 1.54) is 6.92 Å². The topological polar surface area (TPSA) is 77.2 Å². The quantitative estimate of drug-likeness (QED) is 0.830. The van der Waals surface area contributed by atoms with E-state index < -0.39 is 0 Å². The highest BCUT2D eigenvalue weighted by Crippen LogP contribution is 2.29. The molecule has 0 aliphatic carbocycles. The lowest BCUT2D eigenvalue weighted by atomic mass is 10.2. The minimum absolute atomic E-state index is 0.0631. The summed E-state index contributed by atoms with van der Waals surface area (Å²) in [6.07, 6.45) is 5.38. The number of hydrogen-bond donors (Lipinski definition) is 2. The number of carbonyl (C=O) groups is 1. The summed E-state index contributed by atoms with van der Waals surface area (Å²) in [4.78, 5) is 14.9. The molecular weight excluding hydrogens is 302 g/mol. The molecule has 0 unspecified atom stereocenters. The Morgan fingerprint density at radius 1 is 1.41 bits per heavy atom. The number of rotatable bonds is 5. The van der Waals surface area contributed by atoms with Gasteiger partial charge in [-0.3, -0.25) is 4.79 Å². The zero-order valence-corrected chi connectivity index (χ0v) is 12.8. The summed E-state index contributed by atoms with van der Waals surface area (Å²) < 4.78 is 5.60. The molecule has 1 amide bonds. The summed E-state index contributed by atoms with van der Waals surface area (Å²) in [7, 11) is 0. The second kappa shape index (κ2) is 7.47. The van der Waals surface area contributed by atoms with Crippen LogP contribution in [0.1, 0.15) is 12.5 Å². The fraction of sp³-hybridized carbons (Fsp3) is 0.125. The maximum absolute atomic E-state index is 10.7. The van der Waals surface area contributed by atoms with Crippen LogP contribution in [0.4, 0.5) is 5.69 Å². The molecule has 0 spiro atoms. The fourth-order valence-electron chi connectivity index (χ4n) is 1.66. The molecule has 6 heteroatoms. The number of nitrogens with two attached hydrogens (primary N) is 1. The van der Waals surface area contributed by atoms with E-state index in [4.69, 9.17) is 22.1 Å². The average molecular weight is 318 g/mol. The van der Waals surface area contributed by atoms with E-state index >= 15 is 0 Å². The Kier molecular flexibility index (Phi) is 5.38. The van der Waals surface area contributed by atoms with E-state index in [0.717, 1.165) is 5.56 Å². The predicted octanol–water partition coefficient (Wildman–Crippen LogP) is 3.26. The standard InChI is InChI=1S/C16H16ClN3O2/c1-11(21)19-8-2-3-12-4-7-16(20-10-12)22-15-6-5-13(18)9-14(15)17/h2-7,9-10H,8,18H2,1H3,(H,19,21)/b3-2+. The van der Waals surface area contributed by atoms with Gasteiger partial charge in [0.2, 0.25) is 11.8 Å². The molecule has 0 bridgehead atoms. The van der Waals surface area contributed by atoms with E-state index in [1.807, 2.05) is 18.2 Å². The van der Waals surface area contributed by atoms with Crippen LogP contribution in [0.25, 0.3) is 6.08 Å². The second-order valence-electron chi connectivity index (χ2n) is 4.56. The average Bonchev–Trinajstić information content (AvgIpc) is 2.48. The molecule has 114 valence electrons. The van der Waals surface area contributed by atoms with E-state index in [9.17, 15) is 4.79 Å². The van der Waals surface area contributed by atoms with Crippen molar-refractivity contribution >= 4 is 29.3 Å². The van der Waals surface area contributed by atoms with Gasteiger partial charge >= 0.3 is 0 Å². The number of carbonyl (C=O) groups excluding carboxylic acids is 1. The van der Waals surface area contributed by atoms with Crippen LogP contribution >= 0.6 is 11.6 Å². The molecule has 2 aromatic rings. The number of halogens is 1. The molecule has 22 heavy (non-hydrogen) atoms. The Labute approximate surface area is 133 Å². The number of ether oxygens (including phenoxy) is 1. The van der Waals surface area contributed by atoms with Crippen LogP contribution in [0.15, 0.2) is 42.6 Å². The first-order valence-electron chi connectivity index (χ1n) is 6.64. The zero-order chi connectivity index (χ0) is 15.9. The molecule has 3 N–H and O–H groups in total. The largest absolute Gasteiger partial charge is 0.437 e. The SMILES string of the molecule is CC(=O)NC/C=C/c1ccc(Oc2ccc(N)cc2Cl)nc1. The van der Waals surface area contributed by atoms with Gasteiger partial charge in [0.1, 0.15) is 5.75 Å². The first-order chi connectivity index (χ1) is 10.5. The van der Waals surface area contributed by atoms with Gasteiger partial charge in [0.05, 0.1) is 5.02 Å². The normalized spacial score (nSPS) is 10.6. The third kappa shape index (κ3) is 4.79. The molecule has 0 fully saturated rings. The highest BCUT2D eigenvalue weighted by atomic mass is 35.5. The number of hydrogen-bond acceptors (Lipinski definition) is 4. The number of nitrogens with one attached hydrogen (secondary N) is 1. The van der Waals surface area contributed by atoms with Gasteiger partial charge in [0, 0.05) is 31.4 Å². The molecule has 1 aromatic heterocycles. The number of aromatic nitrogens is 1. The van der Waals surface area contributed by atoms with Crippen LogP contribution in [0.5, 0.6) is 11.6 Å². The zero-order valence-electron chi connectivity index (χ0n) is 12.0. The van der Waals surface area contributed by atoms with Crippen molar-refractivity contribution in [3.05, 3.63) is 53.2 Å². The fourth-order valence-corrected chi connectivity index (χ4v) is 1.89. The molecule has 0 atom stereocenters. The van der Waals surface area contributed by atoms with Gasteiger partial charge in [-0.05, 0) is 29.8 Å². The van der Waals surface area contributed by atoms with Crippen LogP contribution < -0.4 is 15.8 Å². The first kappa shape index (κ1) is 15.9. The van der Waals surface area contributed by atoms with Crippen LogP contribution in [-0.2, 0) is 4.79 Å². The number of nitrogens with zero attached hydrogens (tertiary/aromatic N) is 1. The van der Waals surface area contributed by atoms with Crippen LogP contribution in [-0.4, -0.2) is 17.4 Å². The molecule has 0 aliphatic rings. The lowest BCUT2D eigenvalue weighted by molar-refractivity contribution is -0.118. The number of pyridine rings is 1. The monoisotopic (exact) mass is 317 g/mol. The molecular formula is C16H16ClN3O2. The van der Waals surface area contributed by atoms with Crippen LogP contribution in [0, 0.1) is 0 Å². The Balaban J connectivity index is 1.98. The van der Waals surface area contributed by atoms with Crippen molar-refractivity contribution in [3.8, 4) is 11.6 Å². The first-order valence-corrected chi connectivity index (χ1v) is 7.02. The van der Waals surface area contributed by atoms with E-state index in [2.05, 4.69) is 10.3 Å². The molecule has 0 radical (unpaired) electrons. The Morgan fingerprint density at radius 3 is 2.86 bits per heavy atom. The highest BCUT2D eigenvalue weighted by Gasteiger charge is 2.04. The van der Waals surface area contributed by atoms with Crippen LogP contribution in [0.3, 0.4) is 0 Å². The number of amides is 1. The van der Waals surface area contributed by atoms with Crippen molar-refractivity contribution in [2.45, 2.75) is 6.92 Å². The lowest BCUT2D eigenvalue weighted by Gasteiger charge is -2.07. The van der Waals surface area contributed by atoms with Gasteiger partial charge in [-0.25, -0.2) is 4.98 Å². The van der Waals surface area contributed by atoms with Gasteiger partial charge < -0.3 is 15.8 Å². The number of benzene rings is 1. The molecule has 1 heterocycles. The van der Waals surface area contributed by atoms with Crippen molar-refractivity contribution < 1.29 is 9.53 Å². The van der Waals surface area contributed by atoms with E-state index in [1.54, 1.807) is 30.5 Å². The van der Waals surface area contributed by atoms with Crippen molar-refractivity contribution in [2.75, 3.05) is 12.3 Å². The van der Waals surface area contributed by atoms with Crippen molar-refractivity contribution in [1.82, 2.24) is 10.3 Å². The Hall–Kier alpha value is -2.53. The van der Waals surface area contributed by atoms with E-state index in [-0.39, 0.29) is 5.91 Å². The number of nitrogen functional groups attached to an aromatic ring is 1. The Bertz CT molecular complexity index is 684. The van der Waals surface area contributed by atoms with Crippen molar-refractivity contribution in [1.29, 1.82) is 0 Å². The second-order valence-corrected chi connectivity index (χ2v) is 4.97. The third-order valence-corrected chi connectivity index (χ3v) is 3.00. The summed E-state index contributed by atoms with van der Waals surface area (Å²) in [5, 5.41) is 3.11. The minimum atomic E-state index is -0.0631. The maximum atomic E-state index is 10.7. The molecule has 1 aromatic carbocycles. The third-order valence-electron chi connectivity index (χ3n) is 2.71. The molecule has 5 nitrogen and oxygen atoms in total. The maximum Gasteiger partial charge on any atom is 0.219 e. The molecule has 0 saturated heterocycles. The Morgan fingerprint density at radius 2 is 2.23 bits per heavy atom. The van der Waals surface area contributed by atoms with Gasteiger partial charge in [0.15, 0.2) is 0 Å². The van der Waals surface area contributed by atoms with Gasteiger partial charge in [-0.15, -0.1) is 0 Å². The minimum Gasteiger partial charge on any atom is -0.437 e. The molecule has 2 rings (SSSR count). The van der Waals surface area contributed by atoms with Crippen molar-refractivity contribution in [2.24, 2.45) is 0 Å². The van der Waals surface area contributed by atoms with Gasteiger partial charge in [-0.1, -0.05) is 23.8 Å². The summed E-state index contributed by atoms with van der Waals surface area (Å²) in [6.45, 7) is 1.96.